The summed E-state index contributed by atoms with van der Waals surface area (Å²) in [5, 5.41) is 21.9. The molecule has 0 aliphatic heterocycles. The molecule has 0 unspecified atom stereocenters. The van der Waals surface area contributed by atoms with E-state index in [0.29, 0.717) is 35.4 Å². The molecular weight excluding hydrogens is 390 g/mol. The number of hydrogen-bond acceptors (Lipinski definition) is 7. The fraction of sp³-hybridized carbons (Fsp3) is 0.118. The molecule has 0 radical (unpaired) electrons. The number of nitrogens with one attached hydrogen (secondary N) is 1. The van der Waals surface area contributed by atoms with Gasteiger partial charge in [-0.2, -0.15) is 10.2 Å². The molecule has 1 aromatic heterocycles. The summed E-state index contributed by atoms with van der Waals surface area (Å²) in [7, 11) is -3.86. The third-order valence-corrected chi connectivity index (χ3v) is 4.83. The summed E-state index contributed by atoms with van der Waals surface area (Å²) in [5.41, 5.74) is 1.45. The third kappa shape index (κ3) is 4.62. The molecule has 0 amide bonds. The SMILES string of the molecule is N#Cc1cc(S(N)(=O)=O)ccc1NCCc1nc(-c2ccc(Cl)cc2)no1. The van der Waals surface area contributed by atoms with Crippen LogP contribution < -0.4 is 10.5 Å². The highest BCUT2D eigenvalue weighted by atomic mass is 35.5. The molecule has 3 rings (SSSR count). The number of halogens is 1. The highest BCUT2D eigenvalue weighted by Crippen LogP contribution is 2.20. The minimum absolute atomic E-state index is 0.117. The Morgan fingerprint density at radius 2 is 1.96 bits per heavy atom. The van der Waals surface area contributed by atoms with Gasteiger partial charge in [0.1, 0.15) is 6.07 Å². The first-order chi connectivity index (χ1) is 12.9. The number of sulfonamides is 1. The number of hydrogen-bond donors (Lipinski definition) is 2. The van der Waals surface area contributed by atoms with Crippen molar-refractivity contribution in [2.75, 3.05) is 11.9 Å². The van der Waals surface area contributed by atoms with Crippen LogP contribution in [0.5, 0.6) is 0 Å². The highest BCUT2D eigenvalue weighted by molar-refractivity contribution is 7.89. The largest absolute Gasteiger partial charge is 0.383 e. The standard InChI is InChI=1S/C17H14ClN5O3S/c18-13-3-1-11(2-4-13)17-22-16(26-23-17)7-8-21-15-6-5-14(27(20,24)25)9-12(15)10-19/h1-6,9,21H,7-8H2,(H2,20,24,25). The van der Waals surface area contributed by atoms with Crippen molar-refractivity contribution in [3.05, 3.63) is 58.9 Å². The molecule has 0 spiro atoms. The van der Waals surface area contributed by atoms with Gasteiger partial charge in [0.2, 0.25) is 21.7 Å². The number of primary sulfonamides is 1. The Hall–Kier alpha value is -2.93. The van der Waals surface area contributed by atoms with Gasteiger partial charge in [-0.25, -0.2) is 13.6 Å². The van der Waals surface area contributed by atoms with Crippen molar-refractivity contribution in [3.63, 3.8) is 0 Å². The Morgan fingerprint density at radius 3 is 2.63 bits per heavy atom. The van der Waals surface area contributed by atoms with Gasteiger partial charge in [-0.05, 0) is 42.5 Å². The molecule has 0 aliphatic carbocycles. The van der Waals surface area contributed by atoms with Crippen LogP contribution in [0.25, 0.3) is 11.4 Å². The first kappa shape index (κ1) is 18.8. The molecule has 0 saturated carbocycles. The van der Waals surface area contributed by atoms with Crippen molar-refractivity contribution < 1.29 is 12.9 Å². The van der Waals surface area contributed by atoms with Crippen LogP contribution >= 0.6 is 11.6 Å². The van der Waals surface area contributed by atoms with Gasteiger partial charge in [-0.15, -0.1) is 0 Å². The lowest BCUT2D eigenvalue weighted by Gasteiger charge is -2.08. The molecule has 8 nitrogen and oxygen atoms in total. The molecule has 0 bridgehead atoms. The Balaban J connectivity index is 1.65. The van der Waals surface area contributed by atoms with E-state index in [4.69, 9.17) is 21.3 Å². The van der Waals surface area contributed by atoms with E-state index in [1.54, 1.807) is 24.3 Å². The van der Waals surface area contributed by atoms with Crippen LogP contribution in [0.1, 0.15) is 11.5 Å². The Labute approximate surface area is 160 Å². The average molecular weight is 404 g/mol. The normalized spacial score (nSPS) is 11.1. The lowest BCUT2D eigenvalue weighted by molar-refractivity contribution is 0.381. The van der Waals surface area contributed by atoms with E-state index in [2.05, 4.69) is 15.5 Å². The van der Waals surface area contributed by atoms with E-state index in [0.717, 1.165) is 5.56 Å². The first-order valence-electron chi connectivity index (χ1n) is 7.76. The number of rotatable bonds is 6. The molecular formula is C17H14ClN5O3S. The number of benzene rings is 2. The quantitative estimate of drug-likeness (QED) is 0.645. The highest BCUT2D eigenvalue weighted by Gasteiger charge is 2.12. The van der Waals surface area contributed by atoms with Crippen molar-refractivity contribution in [1.29, 1.82) is 5.26 Å². The third-order valence-electron chi connectivity index (χ3n) is 3.66. The van der Waals surface area contributed by atoms with E-state index in [9.17, 15) is 13.7 Å². The van der Waals surface area contributed by atoms with Crippen molar-refractivity contribution >= 4 is 27.3 Å². The van der Waals surface area contributed by atoms with Crippen molar-refractivity contribution in [2.24, 2.45) is 5.14 Å². The smallest absolute Gasteiger partial charge is 0.238 e. The molecule has 1 heterocycles. The zero-order valence-electron chi connectivity index (χ0n) is 13.9. The average Bonchev–Trinajstić information content (AvgIpc) is 3.10. The van der Waals surface area contributed by atoms with Gasteiger partial charge in [-0.3, -0.25) is 0 Å². The summed E-state index contributed by atoms with van der Waals surface area (Å²) in [6.07, 6.45) is 0.419. The maximum Gasteiger partial charge on any atom is 0.238 e. The van der Waals surface area contributed by atoms with Crippen LogP contribution in [-0.4, -0.2) is 25.1 Å². The van der Waals surface area contributed by atoms with Gasteiger partial charge in [0, 0.05) is 23.6 Å². The number of nitrogens with two attached hydrogens (primary N) is 1. The maximum absolute atomic E-state index is 11.4. The lowest BCUT2D eigenvalue weighted by atomic mass is 10.2. The predicted molar refractivity (Wildman–Crippen MR) is 99.5 cm³/mol. The summed E-state index contributed by atoms with van der Waals surface area (Å²) >= 11 is 5.85. The second kappa shape index (κ2) is 7.75. The summed E-state index contributed by atoms with van der Waals surface area (Å²) in [4.78, 5) is 4.19. The van der Waals surface area contributed by atoms with Gasteiger partial charge < -0.3 is 9.84 Å². The number of anilines is 1. The van der Waals surface area contributed by atoms with Gasteiger partial charge >= 0.3 is 0 Å². The van der Waals surface area contributed by atoms with Crippen LogP contribution in [0.4, 0.5) is 5.69 Å². The maximum atomic E-state index is 11.4. The monoisotopic (exact) mass is 403 g/mol. The fourth-order valence-electron chi connectivity index (χ4n) is 2.32. The van der Waals surface area contributed by atoms with E-state index < -0.39 is 10.0 Å². The summed E-state index contributed by atoms with van der Waals surface area (Å²) in [5.74, 6) is 0.879. The van der Waals surface area contributed by atoms with Crippen molar-refractivity contribution in [2.45, 2.75) is 11.3 Å². The number of aromatic nitrogens is 2. The van der Waals surface area contributed by atoms with Gasteiger partial charge in [0.25, 0.3) is 0 Å². The predicted octanol–water partition coefficient (Wildman–Crippen LogP) is 2.56. The van der Waals surface area contributed by atoms with Gasteiger partial charge in [0.15, 0.2) is 0 Å². The second-order valence-corrected chi connectivity index (χ2v) is 7.56. The molecule has 0 atom stereocenters. The Bertz CT molecular complexity index is 1100. The number of nitrogens with zero attached hydrogens (tertiary/aromatic N) is 3. The fourth-order valence-corrected chi connectivity index (χ4v) is 2.99. The van der Waals surface area contributed by atoms with Crippen LogP contribution in [0.3, 0.4) is 0 Å². The lowest BCUT2D eigenvalue weighted by Crippen LogP contribution is -2.13. The van der Waals surface area contributed by atoms with E-state index in [-0.39, 0.29) is 10.5 Å². The molecule has 27 heavy (non-hydrogen) atoms. The Kier molecular flexibility index (Phi) is 5.41. The second-order valence-electron chi connectivity index (χ2n) is 5.56. The van der Waals surface area contributed by atoms with Gasteiger partial charge in [0.05, 0.1) is 16.1 Å². The van der Waals surface area contributed by atoms with Crippen LogP contribution in [0, 0.1) is 11.3 Å². The van der Waals surface area contributed by atoms with Crippen LogP contribution in [0.15, 0.2) is 51.9 Å². The molecule has 0 saturated heterocycles. The van der Waals surface area contributed by atoms with E-state index >= 15 is 0 Å². The van der Waals surface area contributed by atoms with Crippen molar-refractivity contribution in [3.8, 4) is 17.5 Å². The molecule has 10 heteroatoms. The summed E-state index contributed by atoms with van der Waals surface area (Å²) in [6, 6.07) is 13.1. The summed E-state index contributed by atoms with van der Waals surface area (Å²) < 4.78 is 27.9. The minimum Gasteiger partial charge on any atom is -0.383 e. The first-order valence-corrected chi connectivity index (χ1v) is 9.68. The van der Waals surface area contributed by atoms with Crippen LogP contribution in [0.2, 0.25) is 5.02 Å². The van der Waals surface area contributed by atoms with E-state index in [1.165, 1.54) is 18.2 Å². The molecule has 2 aromatic carbocycles. The molecule has 0 aliphatic rings. The zero-order chi connectivity index (χ0) is 19.4. The van der Waals surface area contributed by atoms with Crippen molar-refractivity contribution in [1.82, 2.24) is 10.1 Å². The van der Waals surface area contributed by atoms with Gasteiger partial charge in [-0.1, -0.05) is 16.8 Å². The molecule has 3 aromatic rings. The van der Waals surface area contributed by atoms with Crippen LogP contribution in [-0.2, 0) is 16.4 Å². The summed E-state index contributed by atoms with van der Waals surface area (Å²) in [6.45, 7) is 0.408. The topological polar surface area (TPSA) is 135 Å². The minimum atomic E-state index is -3.86. The molecule has 138 valence electrons. The molecule has 0 fully saturated rings. The Morgan fingerprint density at radius 1 is 1.22 bits per heavy atom. The molecule has 3 N–H and O–H groups in total. The number of nitriles is 1. The zero-order valence-corrected chi connectivity index (χ0v) is 15.5. The van der Waals surface area contributed by atoms with E-state index in [1.807, 2.05) is 6.07 Å².